The monoisotopic (exact) mass is 424 g/mol. The van der Waals surface area contributed by atoms with Crippen LogP contribution in [0.2, 0.25) is 0 Å². The van der Waals surface area contributed by atoms with E-state index < -0.39 is 0 Å². The van der Waals surface area contributed by atoms with Gasteiger partial charge >= 0.3 is 0 Å². The first kappa shape index (κ1) is 21.7. The number of hydrogen-bond donors (Lipinski definition) is 2. The summed E-state index contributed by atoms with van der Waals surface area (Å²) in [4.78, 5) is 28.9. The molecule has 1 heterocycles. The van der Waals surface area contributed by atoms with Crippen LogP contribution in [0.4, 0.5) is 11.4 Å². The van der Waals surface area contributed by atoms with Gasteiger partial charge in [0, 0.05) is 54.4 Å². The van der Waals surface area contributed by atoms with Gasteiger partial charge in [-0.1, -0.05) is 6.07 Å². The van der Waals surface area contributed by atoms with E-state index in [2.05, 4.69) is 15.6 Å². The summed E-state index contributed by atoms with van der Waals surface area (Å²) in [5, 5.41) is 5.61. The van der Waals surface area contributed by atoms with Gasteiger partial charge < -0.3 is 29.4 Å². The van der Waals surface area contributed by atoms with Crippen molar-refractivity contribution < 1.29 is 23.8 Å². The van der Waals surface area contributed by atoms with E-state index in [0.717, 1.165) is 0 Å². The fraction of sp³-hybridized carbons (Fsp3) is 0.227. The molecule has 0 saturated heterocycles. The number of nitrogens with zero attached hydrogens (tertiary/aromatic N) is 2. The second kappa shape index (κ2) is 10.1. The number of imidazole rings is 1. The summed E-state index contributed by atoms with van der Waals surface area (Å²) in [5.74, 6) is 0.787. The maximum atomic E-state index is 12.7. The normalized spacial score (nSPS) is 10.3. The van der Waals surface area contributed by atoms with Gasteiger partial charge in [0.2, 0.25) is 11.7 Å². The van der Waals surface area contributed by atoms with Gasteiger partial charge in [-0.2, -0.15) is 0 Å². The van der Waals surface area contributed by atoms with Crippen LogP contribution in [0.15, 0.2) is 55.1 Å². The number of nitrogens with one attached hydrogen (secondary N) is 2. The van der Waals surface area contributed by atoms with E-state index in [1.165, 1.54) is 21.3 Å². The van der Waals surface area contributed by atoms with Gasteiger partial charge in [0.15, 0.2) is 11.5 Å². The molecule has 1 aromatic heterocycles. The Morgan fingerprint density at radius 3 is 2.32 bits per heavy atom. The fourth-order valence-electron chi connectivity index (χ4n) is 2.97. The molecule has 0 unspecified atom stereocenters. The maximum absolute atomic E-state index is 12.7. The molecule has 0 atom stereocenters. The van der Waals surface area contributed by atoms with Crippen LogP contribution < -0.4 is 24.8 Å². The number of rotatable bonds is 9. The number of ether oxygens (including phenoxy) is 3. The average molecular weight is 424 g/mol. The number of amides is 2. The lowest BCUT2D eigenvalue weighted by atomic mass is 10.1. The molecule has 3 aromatic rings. The molecule has 2 amide bonds. The highest BCUT2D eigenvalue weighted by molar-refractivity contribution is 6.05. The van der Waals surface area contributed by atoms with Crippen LogP contribution in [0.1, 0.15) is 16.8 Å². The van der Waals surface area contributed by atoms with Gasteiger partial charge in [-0.05, 0) is 18.2 Å². The number of benzene rings is 2. The van der Waals surface area contributed by atoms with Gasteiger partial charge in [0.05, 0.1) is 27.7 Å². The summed E-state index contributed by atoms with van der Waals surface area (Å²) in [6.07, 6.45) is 5.40. The zero-order chi connectivity index (χ0) is 22.2. The Balaban J connectivity index is 1.68. The minimum Gasteiger partial charge on any atom is -0.493 e. The average Bonchev–Trinajstić information content (AvgIpc) is 3.31. The molecule has 0 radical (unpaired) electrons. The molecule has 0 bridgehead atoms. The first-order valence-corrected chi connectivity index (χ1v) is 9.51. The lowest BCUT2D eigenvalue weighted by Gasteiger charge is -2.15. The smallest absolute Gasteiger partial charge is 0.255 e. The molecule has 31 heavy (non-hydrogen) atoms. The Morgan fingerprint density at radius 2 is 1.71 bits per heavy atom. The van der Waals surface area contributed by atoms with Crippen LogP contribution in [-0.4, -0.2) is 42.7 Å². The fourth-order valence-corrected chi connectivity index (χ4v) is 2.97. The number of aromatic nitrogens is 2. The van der Waals surface area contributed by atoms with Gasteiger partial charge in [-0.25, -0.2) is 4.98 Å². The third-order valence-electron chi connectivity index (χ3n) is 4.49. The molecule has 2 N–H and O–H groups in total. The molecule has 0 aliphatic rings. The van der Waals surface area contributed by atoms with Crippen molar-refractivity contribution in [3.8, 4) is 17.2 Å². The van der Waals surface area contributed by atoms with Crippen LogP contribution in [0, 0.1) is 0 Å². The summed E-state index contributed by atoms with van der Waals surface area (Å²) in [5.41, 5.74) is 1.41. The SMILES string of the molecule is COc1cc(NC(=O)c2cccc(NC(=O)CCn3ccnc3)c2)cc(OC)c1OC. The molecule has 9 heteroatoms. The summed E-state index contributed by atoms with van der Waals surface area (Å²) in [6.45, 7) is 0.521. The first-order chi connectivity index (χ1) is 15.0. The van der Waals surface area contributed by atoms with Crippen molar-refractivity contribution in [2.24, 2.45) is 0 Å². The van der Waals surface area contributed by atoms with Gasteiger partial charge in [-0.3, -0.25) is 9.59 Å². The quantitative estimate of drug-likeness (QED) is 0.547. The van der Waals surface area contributed by atoms with Crippen molar-refractivity contribution in [2.75, 3.05) is 32.0 Å². The van der Waals surface area contributed by atoms with Crippen LogP contribution in [-0.2, 0) is 11.3 Å². The molecular weight excluding hydrogens is 400 g/mol. The van der Waals surface area contributed by atoms with Gasteiger partial charge in [0.25, 0.3) is 5.91 Å². The molecule has 3 rings (SSSR count). The highest BCUT2D eigenvalue weighted by atomic mass is 16.5. The van der Waals surface area contributed by atoms with Crippen LogP contribution in [0.5, 0.6) is 17.2 Å². The predicted molar refractivity (Wildman–Crippen MR) is 116 cm³/mol. The Hall–Kier alpha value is -4.01. The maximum Gasteiger partial charge on any atom is 0.255 e. The zero-order valence-electron chi connectivity index (χ0n) is 17.5. The molecule has 0 aliphatic carbocycles. The largest absolute Gasteiger partial charge is 0.493 e. The highest BCUT2D eigenvalue weighted by Crippen LogP contribution is 2.40. The summed E-state index contributed by atoms with van der Waals surface area (Å²) in [6, 6.07) is 9.99. The van der Waals surface area contributed by atoms with Crippen molar-refractivity contribution in [3.05, 3.63) is 60.7 Å². The van der Waals surface area contributed by atoms with E-state index in [9.17, 15) is 9.59 Å². The molecule has 2 aromatic carbocycles. The Morgan fingerprint density at radius 1 is 0.968 bits per heavy atom. The Kier molecular flexibility index (Phi) is 7.10. The number of hydrogen-bond acceptors (Lipinski definition) is 6. The minimum atomic E-state index is -0.344. The first-order valence-electron chi connectivity index (χ1n) is 9.51. The van der Waals surface area contributed by atoms with Crippen molar-refractivity contribution >= 4 is 23.2 Å². The van der Waals surface area contributed by atoms with Crippen molar-refractivity contribution in [2.45, 2.75) is 13.0 Å². The third kappa shape index (κ3) is 5.53. The van der Waals surface area contributed by atoms with Crippen molar-refractivity contribution in [1.82, 2.24) is 9.55 Å². The second-order valence-corrected chi connectivity index (χ2v) is 6.55. The number of anilines is 2. The molecule has 0 fully saturated rings. The van der Waals surface area contributed by atoms with E-state index in [0.29, 0.717) is 40.7 Å². The zero-order valence-corrected chi connectivity index (χ0v) is 17.5. The Labute approximate surface area is 180 Å². The molecule has 0 aliphatic heterocycles. The summed E-state index contributed by atoms with van der Waals surface area (Å²) in [7, 11) is 4.51. The van der Waals surface area contributed by atoms with Gasteiger partial charge in [-0.15, -0.1) is 0 Å². The van der Waals surface area contributed by atoms with Crippen molar-refractivity contribution in [1.29, 1.82) is 0 Å². The molecule has 162 valence electrons. The lowest BCUT2D eigenvalue weighted by molar-refractivity contribution is -0.116. The predicted octanol–water partition coefficient (Wildman–Crippen LogP) is 3.19. The third-order valence-corrected chi connectivity index (χ3v) is 4.49. The van der Waals surface area contributed by atoms with Crippen LogP contribution in [0.3, 0.4) is 0 Å². The van der Waals surface area contributed by atoms with E-state index >= 15 is 0 Å². The van der Waals surface area contributed by atoms with E-state index in [1.807, 2.05) is 4.57 Å². The highest BCUT2D eigenvalue weighted by Gasteiger charge is 2.15. The van der Waals surface area contributed by atoms with Gasteiger partial charge in [0.1, 0.15) is 0 Å². The standard InChI is InChI=1S/C22H24N4O5/c1-29-18-12-17(13-19(30-2)21(18)31-3)25-22(28)15-5-4-6-16(11-15)24-20(27)7-9-26-10-8-23-14-26/h4-6,8,10-14H,7,9H2,1-3H3,(H,24,27)(H,25,28). The topological polar surface area (TPSA) is 104 Å². The number of aryl methyl sites for hydroxylation is 1. The van der Waals surface area contributed by atoms with Crippen molar-refractivity contribution in [3.63, 3.8) is 0 Å². The minimum absolute atomic E-state index is 0.157. The number of methoxy groups -OCH3 is 3. The van der Waals surface area contributed by atoms with E-state index in [4.69, 9.17) is 14.2 Å². The van der Waals surface area contributed by atoms with Crippen LogP contribution in [0.25, 0.3) is 0 Å². The number of carbonyl (C=O) groups excluding carboxylic acids is 2. The number of carbonyl (C=O) groups is 2. The van der Waals surface area contributed by atoms with E-state index in [-0.39, 0.29) is 18.2 Å². The Bertz CT molecular complexity index is 1020. The second-order valence-electron chi connectivity index (χ2n) is 6.55. The molecule has 0 saturated carbocycles. The van der Waals surface area contributed by atoms with E-state index in [1.54, 1.807) is 55.1 Å². The molecule has 0 spiro atoms. The lowest BCUT2D eigenvalue weighted by Crippen LogP contribution is -2.16. The summed E-state index contributed by atoms with van der Waals surface area (Å²) < 4.78 is 17.7. The molecular formula is C22H24N4O5. The molecule has 9 nitrogen and oxygen atoms in total. The van der Waals surface area contributed by atoms with Crippen LogP contribution >= 0.6 is 0 Å². The summed E-state index contributed by atoms with van der Waals surface area (Å²) >= 11 is 0.